The number of ether oxygens (including phenoxy) is 1. The molecule has 1 aliphatic rings. The number of hydrogen-bond donors (Lipinski definition) is 2. The van der Waals surface area contributed by atoms with E-state index in [1.807, 2.05) is 24.3 Å². The minimum absolute atomic E-state index is 0.0173. The number of hydrogen-bond acceptors (Lipinski definition) is 3. The average Bonchev–Trinajstić information content (AvgIpc) is 2.40. The number of piperidine rings is 1. The molecule has 1 saturated heterocycles. The van der Waals surface area contributed by atoms with E-state index in [4.69, 9.17) is 21.4 Å². The SMILES string of the molecule is OCCO[C@@H](c1cccc(Cl)c1)[C@@H]1CCCNC1. The number of halogens is 1. The molecule has 4 heteroatoms. The Kier molecular flexibility index (Phi) is 5.45. The Hall–Kier alpha value is -0.610. The summed E-state index contributed by atoms with van der Waals surface area (Å²) in [6.45, 7) is 2.46. The third-order valence-corrected chi connectivity index (χ3v) is 3.56. The second-order valence-electron chi connectivity index (χ2n) is 4.68. The molecule has 0 radical (unpaired) electrons. The molecule has 0 unspecified atom stereocenters. The van der Waals surface area contributed by atoms with E-state index < -0.39 is 0 Å². The molecule has 2 rings (SSSR count). The van der Waals surface area contributed by atoms with Gasteiger partial charge in [0.05, 0.1) is 19.3 Å². The Morgan fingerprint density at radius 1 is 1.50 bits per heavy atom. The molecule has 1 aromatic carbocycles. The largest absolute Gasteiger partial charge is 0.394 e. The Morgan fingerprint density at radius 2 is 2.39 bits per heavy atom. The van der Waals surface area contributed by atoms with Crippen LogP contribution in [0.3, 0.4) is 0 Å². The molecule has 1 aliphatic heterocycles. The molecule has 1 aromatic rings. The van der Waals surface area contributed by atoms with Crippen LogP contribution in [0.1, 0.15) is 24.5 Å². The monoisotopic (exact) mass is 269 g/mol. The van der Waals surface area contributed by atoms with Crippen LogP contribution in [0.15, 0.2) is 24.3 Å². The van der Waals surface area contributed by atoms with Gasteiger partial charge in [0.15, 0.2) is 0 Å². The lowest BCUT2D eigenvalue weighted by Crippen LogP contribution is -2.34. The van der Waals surface area contributed by atoms with Crippen molar-refractivity contribution in [3.63, 3.8) is 0 Å². The van der Waals surface area contributed by atoms with Crippen molar-refractivity contribution in [2.45, 2.75) is 18.9 Å². The molecule has 0 saturated carbocycles. The van der Waals surface area contributed by atoms with Crippen molar-refractivity contribution in [2.75, 3.05) is 26.3 Å². The fourth-order valence-electron chi connectivity index (χ4n) is 2.50. The van der Waals surface area contributed by atoms with Crippen molar-refractivity contribution in [1.29, 1.82) is 0 Å². The van der Waals surface area contributed by atoms with Crippen molar-refractivity contribution >= 4 is 11.6 Å². The predicted molar refractivity (Wildman–Crippen MR) is 72.8 cm³/mol. The molecule has 100 valence electrons. The van der Waals surface area contributed by atoms with Gasteiger partial charge in [-0.05, 0) is 37.1 Å². The standard InChI is InChI=1S/C14H20ClNO2/c15-13-5-1-3-11(9-13)14(18-8-7-17)12-4-2-6-16-10-12/h1,3,5,9,12,14,16-17H,2,4,6-8,10H2/t12-,14+/m1/s1. The summed E-state index contributed by atoms with van der Waals surface area (Å²) < 4.78 is 5.82. The summed E-state index contributed by atoms with van der Waals surface area (Å²) >= 11 is 6.04. The first-order valence-electron chi connectivity index (χ1n) is 6.50. The number of aliphatic hydroxyl groups is 1. The molecule has 2 atom stereocenters. The zero-order valence-electron chi connectivity index (χ0n) is 10.4. The molecule has 1 fully saturated rings. The molecular weight excluding hydrogens is 250 g/mol. The average molecular weight is 270 g/mol. The summed E-state index contributed by atoms with van der Waals surface area (Å²) in [5.74, 6) is 0.448. The predicted octanol–water partition coefficient (Wildman–Crippen LogP) is 2.39. The van der Waals surface area contributed by atoms with E-state index in [1.165, 1.54) is 6.42 Å². The van der Waals surface area contributed by atoms with Crippen LogP contribution in [0.4, 0.5) is 0 Å². The van der Waals surface area contributed by atoms with Gasteiger partial charge in [-0.2, -0.15) is 0 Å². The van der Waals surface area contributed by atoms with E-state index in [2.05, 4.69) is 5.32 Å². The van der Waals surface area contributed by atoms with E-state index in [1.54, 1.807) is 0 Å². The fourth-order valence-corrected chi connectivity index (χ4v) is 2.70. The van der Waals surface area contributed by atoms with Gasteiger partial charge in [-0.1, -0.05) is 23.7 Å². The Morgan fingerprint density at radius 3 is 3.06 bits per heavy atom. The number of nitrogens with one attached hydrogen (secondary N) is 1. The zero-order valence-corrected chi connectivity index (χ0v) is 11.2. The van der Waals surface area contributed by atoms with Gasteiger partial charge in [-0.25, -0.2) is 0 Å². The van der Waals surface area contributed by atoms with E-state index >= 15 is 0 Å². The van der Waals surface area contributed by atoms with Crippen molar-refractivity contribution in [3.05, 3.63) is 34.9 Å². The van der Waals surface area contributed by atoms with Crippen LogP contribution < -0.4 is 5.32 Å². The Bertz CT molecular complexity index is 367. The van der Waals surface area contributed by atoms with Crippen LogP contribution >= 0.6 is 11.6 Å². The van der Waals surface area contributed by atoms with Gasteiger partial charge in [0.25, 0.3) is 0 Å². The molecular formula is C14H20ClNO2. The van der Waals surface area contributed by atoms with Crippen molar-refractivity contribution in [2.24, 2.45) is 5.92 Å². The lowest BCUT2D eigenvalue weighted by Gasteiger charge is -2.31. The number of aliphatic hydroxyl groups excluding tert-OH is 1. The van der Waals surface area contributed by atoms with Crippen molar-refractivity contribution < 1.29 is 9.84 Å². The van der Waals surface area contributed by atoms with Crippen LogP contribution in [-0.4, -0.2) is 31.4 Å². The molecule has 0 aliphatic carbocycles. The van der Waals surface area contributed by atoms with Gasteiger partial charge in [-0.3, -0.25) is 0 Å². The molecule has 0 aromatic heterocycles. The summed E-state index contributed by atoms with van der Waals surface area (Å²) in [5, 5.41) is 13.1. The number of benzene rings is 1. The van der Waals surface area contributed by atoms with Crippen LogP contribution in [0.5, 0.6) is 0 Å². The van der Waals surface area contributed by atoms with Gasteiger partial charge >= 0.3 is 0 Å². The lowest BCUT2D eigenvalue weighted by molar-refractivity contribution is -0.0133. The topological polar surface area (TPSA) is 41.5 Å². The summed E-state index contributed by atoms with van der Waals surface area (Å²) in [5.41, 5.74) is 1.10. The van der Waals surface area contributed by atoms with Gasteiger partial charge in [-0.15, -0.1) is 0 Å². The number of rotatable bonds is 5. The highest BCUT2D eigenvalue weighted by Gasteiger charge is 2.25. The Labute approximate surface area is 113 Å². The fraction of sp³-hybridized carbons (Fsp3) is 0.571. The molecule has 0 amide bonds. The second-order valence-corrected chi connectivity index (χ2v) is 5.11. The van der Waals surface area contributed by atoms with Gasteiger partial charge in [0.1, 0.15) is 0 Å². The molecule has 2 N–H and O–H groups in total. The molecule has 18 heavy (non-hydrogen) atoms. The van der Waals surface area contributed by atoms with Crippen LogP contribution in [-0.2, 0) is 4.74 Å². The van der Waals surface area contributed by atoms with E-state index in [0.717, 1.165) is 30.1 Å². The maximum Gasteiger partial charge on any atom is 0.0866 e. The maximum atomic E-state index is 8.95. The summed E-state index contributed by atoms with van der Waals surface area (Å²) in [6, 6.07) is 7.82. The third kappa shape index (κ3) is 3.69. The minimum Gasteiger partial charge on any atom is -0.394 e. The first-order chi connectivity index (χ1) is 8.81. The van der Waals surface area contributed by atoms with Gasteiger partial charge in [0.2, 0.25) is 0 Å². The van der Waals surface area contributed by atoms with E-state index in [9.17, 15) is 0 Å². The van der Waals surface area contributed by atoms with Crippen LogP contribution in [0.2, 0.25) is 5.02 Å². The molecule has 1 heterocycles. The normalized spacial score (nSPS) is 21.8. The third-order valence-electron chi connectivity index (χ3n) is 3.33. The van der Waals surface area contributed by atoms with E-state index in [0.29, 0.717) is 12.5 Å². The quantitative estimate of drug-likeness (QED) is 0.862. The van der Waals surface area contributed by atoms with Crippen molar-refractivity contribution in [1.82, 2.24) is 5.32 Å². The Balaban J connectivity index is 2.12. The first-order valence-corrected chi connectivity index (χ1v) is 6.87. The zero-order chi connectivity index (χ0) is 12.8. The first kappa shape index (κ1) is 13.8. The molecule has 0 bridgehead atoms. The highest BCUT2D eigenvalue weighted by molar-refractivity contribution is 6.30. The summed E-state index contributed by atoms with van der Waals surface area (Å²) in [6.07, 6.45) is 2.34. The highest BCUT2D eigenvalue weighted by Crippen LogP contribution is 2.31. The van der Waals surface area contributed by atoms with Crippen LogP contribution in [0, 0.1) is 5.92 Å². The van der Waals surface area contributed by atoms with Crippen LogP contribution in [0.25, 0.3) is 0 Å². The maximum absolute atomic E-state index is 8.95. The second kappa shape index (κ2) is 7.10. The minimum atomic E-state index is 0.0173. The lowest BCUT2D eigenvalue weighted by atomic mass is 9.89. The summed E-state index contributed by atoms with van der Waals surface area (Å²) in [4.78, 5) is 0. The molecule has 3 nitrogen and oxygen atoms in total. The van der Waals surface area contributed by atoms with Gasteiger partial charge in [0, 0.05) is 17.5 Å². The summed E-state index contributed by atoms with van der Waals surface area (Å²) in [7, 11) is 0. The van der Waals surface area contributed by atoms with Crippen molar-refractivity contribution in [3.8, 4) is 0 Å². The van der Waals surface area contributed by atoms with E-state index in [-0.39, 0.29) is 12.7 Å². The molecule has 0 spiro atoms. The smallest absolute Gasteiger partial charge is 0.0866 e. The highest BCUT2D eigenvalue weighted by atomic mass is 35.5. The van der Waals surface area contributed by atoms with Gasteiger partial charge < -0.3 is 15.2 Å².